The van der Waals surface area contributed by atoms with E-state index < -0.39 is 4.92 Å². The molecule has 0 fully saturated rings. The monoisotopic (exact) mass is 280 g/mol. The van der Waals surface area contributed by atoms with Gasteiger partial charge in [-0.25, -0.2) is 4.98 Å². The minimum atomic E-state index is -0.444. The molecule has 0 bridgehead atoms. The lowest BCUT2D eigenvalue weighted by molar-refractivity contribution is -0.384. The Labute approximate surface area is 121 Å². The Balaban J connectivity index is 2.30. The first-order valence-corrected chi connectivity index (χ1v) is 6.58. The van der Waals surface area contributed by atoms with E-state index >= 15 is 0 Å². The maximum Gasteiger partial charge on any atom is 0.270 e. The third kappa shape index (κ3) is 2.09. The molecule has 0 saturated carbocycles. The number of hydrogen-bond donors (Lipinski definition) is 1. The maximum absolute atomic E-state index is 10.9. The van der Waals surface area contributed by atoms with Crippen LogP contribution in [0.1, 0.15) is 23.2 Å². The van der Waals surface area contributed by atoms with Gasteiger partial charge in [-0.05, 0) is 30.4 Å². The molecule has 2 aromatic rings. The van der Waals surface area contributed by atoms with Crippen LogP contribution >= 0.6 is 0 Å². The molecule has 2 N–H and O–H groups in total. The molecule has 3 rings (SSSR count). The molecule has 21 heavy (non-hydrogen) atoms. The zero-order valence-electron chi connectivity index (χ0n) is 11.2. The van der Waals surface area contributed by atoms with Crippen molar-refractivity contribution in [2.24, 2.45) is 0 Å². The van der Waals surface area contributed by atoms with Gasteiger partial charge in [-0.15, -0.1) is 0 Å². The second kappa shape index (κ2) is 4.87. The van der Waals surface area contributed by atoms with Gasteiger partial charge in [0.25, 0.3) is 5.69 Å². The average molecular weight is 280 g/mol. The summed E-state index contributed by atoms with van der Waals surface area (Å²) in [5.41, 5.74) is 9.40. The van der Waals surface area contributed by atoms with Crippen molar-refractivity contribution in [1.29, 1.82) is 5.26 Å². The van der Waals surface area contributed by atoms with Crippen LogP contribution in [0, 0.1) is 21.4 Å². The van der Waals surface area contributed by atoms with Gasteiger partial charge in [-0.3, -0.25) is 10.1 Å². The quantitative estimate of drug-likeness (QED) is 0.672. The number of nitro groups is 1. The summed E-state index contributed by atoms with van der Waals surface area (Å²) in [5, 5.41) is 20.3. The molecule has 1 heterocycles. The summed E-state index contributed by atoms with van der Waals surface area (Å²) in [5.74, 6) is 0.194. The number of pyridine rings is 1. The van der Waals surface area contributed by atoms with Gasteiger partial charge in [-0.2, -0.15) is 5.26 Å². The Morgan fingerprint density at radius 1 is 1.38 bits per heavy atom. The molecule has 1 aromatic carbocycles. The van der Waals surface area contributed by atoms with E-state index in [1.165, 1.54) is 12.1 Å². The van der Waals surface area contributed by atoms with Crippen LogP contribution in [-0.4, -0.2) is 9.91 Å². The van der Waals surface area contributed by atoms with E-state index in [9.17, 15) is 15.4 Å². The van der Waals surface area contributed by atoms with Crippen LogP contribution in [0.5, 0.6) is 0 Å². The Hall–Kier alpha value is -2.94. The number of aryl methyl sites for hydroxylation is 1. The van der Waals surface area contributed by atoms with Gasteiger partial charge in [0.05, 0.1) is 4.92 Å². The number of anilines is 1. The number of nitrogen functional groups attached to an aromatic ring is 1. The molecular formula is C15H12N4O2. The highest BCUT2D eigenvalue weighted by Crippen LogP contribution is 2.37. The van der Waals surface area contributed by atoms with Crippen molar-refractivity contribution in [3.8, 4) is 17.2 Å². The molecular weight excluding hydrogens is 268 g/mol. The van der Waals surface area contributed by atoms with Crippen molar-refractivity contribution < 1.29 is 4.92 Å². The summed E-state index contributed by atoms with van der Waals surface area (Å²) in [6.45, 7) is 0. The fraction of sp³-hybridized carbons (Fsp3) is 0.200. The lowest BCUT2D eigenvalue weighted by Gasteiger charge is -2.12. The van der Waals surface area contributed by atoms with Crippen LogP contribution in [0.4, 0.5) is 11.5 Å². The average Bonchev–Trinajstić information content (AvgIpc) is 2.93. The first-order chi connectivity index (χ1) is 10.1. The summed E-state index contributed by atoms with van der Waals surface area (Å²) in [6, 6.07) is 8.38. The summed E-state index contributed by atoms with van der Waals surface area (Å²) in [7, 11) is 0. The Kier molecular flexibility index (Phi) is 3.03. The number of nitriles is 1. The molecule has 104 valence electrons. The molecule has 0 spiro atoms. The number of hydrogen-bond acceptors (Lipinski definition) is 5. The molecule has 1 aromatic heterocycles. The summed E-state index contributed by atoms with van der Waals surface area (Å²) < 4.78 is 0. The van der Waals surface area contributed by atoms with Crippen LogP contribution in [-0.2, 0) is 12.8 Å². The maximum atomic E-state index is 10.9. The van der Waals surface area contributed by atoms with Crippen molar-refractivity contribution in [3.63, 3.8) is 0 Å². The summed E-state index contributed by atoms with van der Waals surface area (Å²) >= 11 is 0. The van der Waals surface area contributed by atoms with E-state index in [2.05, 4.69) is 11.1 Å². The highest BCUT2D eigenvalue weighted by molar-refractivity contribution is 5.80. The predicted octanol–water partition coefficient (Wildman–Crippen LogP) is 2.60. The van der Waals surface area contributed by atoms with E-state index in [0.717, 1.165) is 30.5 Å². The van der Waals surface area contributed by atoms with Crippen molar-refractivity contribution in [2.45, 2.75) is 19.3 Å². The van der Waals surface area contributed by atoms with E-state index in [1.54, 1.807) is 12.1 Å². The second-order valence-electron chi connectivity index (χ2n) is 4.95. The van der Waals surface area contributed by atoms with Gasteiger partial charge in [0, 0.05) is 23.4 Å². The van der Waals surface area contributed by atoms with E-state index in [4.69, 9.17) is 5.73 Å². The van der Waals surface area contributed by atoms with Crippen molar-refractivity contribution in [3.05, 3.63) is 51.2 Å². The van der Waals surface area contributed by atoms with Crippen LogP contribution in [0.2, 0.25) is 0 Å². The third-order valence-corrected chi connectivity index (χ3v) is 3.71. The predicted molar refractivity (Wildman–Crippen MR) is 77.5 cm³/mol. The Morgan fingerprint density at radius 3 is 2.90 bits per heavy atom. The normalized spacial score (nSPS) is 12.7. The van der Waals surface area contributed by atoms with Crippen LogP contribution in [0.15, 0.2) is 24.3 Å². The third-order valence-electron chi connectivity index (χ3n) is 3.71. The Bertz CT molecular complexity index is 792. The minimum absolute atomic E-state index is 0.00137. The van der Waals surface area contributed by atoms with E-state index in [0.29, 0.717) is 16.7 Å². The van der Waals surface area contributed by atoms with Gasteiger partial charge in [0.1, 0.15) is 17.5 Å². The molecule has 0 atom stereocenters. The van der Waals surface area contributed by atoms with Gasteiger partial charge in [0.15, 0.2) is 0 Å². The van der Waals surface area contributed by atoms with E-state index in [-0.39, 0.29) is 11.5 Å². The van der Waals surface area contributed by atoms with Gasteiger partial charge < -0.3 is 5.73 Å². The number of rotatable bonds is 2. The smallest absolute Gasteiger partial charge is 0.270 e. The largest absolute Gasteiger partial charge is 0.383 e. The summed E-state index contributed by atoms with van der Waals surface area (Å²) in [6.07, 6.45) is 2.60. The number of nitrogens with zero attached hydrogens (tertiary/aromatic N) is 3. The first kappa shape index (κ1) is 13.1. The van der Waals surface area contributed by atoms with Gasteiger partial charge in [0.2, 0.25) is 0 Å². The lowest BCUT2D eigenvalue weighted by Crippen LogP contribution is -2.03. The SMILES string of the molecule is N#Cc1c(N)nc2c(c1-c1cccc([N+](=O)[O-])c1)CCC2. The summed E-state index contributed by atoms with van der Waals surface area (Å²) in [4.78, 5) is 14.8. The molecule has 6 heteroatoms. The minimum Gasteiger partial charge on any atom is -0.383 e. The van der Waals surface area contributed by atoms with Gasteiger partial charge in [-0.1, -0.05) is 12.1 Å². The first-order valence-electron chi connectivity index (χ1n) is 6.58. The fourth-order valence-electron chi connectivity index (χ4n) is 2.81. The van der Waals surface area contributed by atoms with Crippen molar-refractivity contribution in [1.82, 2.24) is 4.98 Å². The molecule has 0 amide bonds. The van der Waals surface area contributed by atoms with Crippen molar-refractivity contribution in [2.75, 3.05) is 5.73 Å². The molecule has 0 aliphatic heterocycles. The second-order valence-corrected chi connectivity index (χ2v) is 4.95. The Morgan fingerprint density at radius 2 is 2.19 bits per heavy atom. The number of fused-ring (bicyclic) bond motifs is 1. The molecule has 1 aliphatic carbocycles. The van der Waals surface area contributed by atoms with Crippen LogP contribution in [0.25, 0.3) is 11.1 Å². The zero-order chi connectivity index (χ0) is 15.0. The number of nitrogens with two attached hydrogens (primary N) is 1. The topological polar surface area (TPSA) is 106 Å². The molecule has 0 saturated heterocycles. The standard InChI is InChI=1S/C15H12N4O2/c16-8-12-14(9-3-1-4-10(7-9)19(20)21)11-5-2-6-13(11)18-15(12)17/h1,3-4,7H,2,5-6H2,(H2,17,18). The highest BCUT2D eigenvalue weighted by atomic mass is 16.6. The number of non-ortho nitro benzene ring substituents is 1. The van der Waals surface area contributed by atoms with Crippen LogP contribution in [0.3, 0.4) is 0 Å². The highest BCUT2D eigenvalue weighted by Gasteiger charge is 2.23. The van der Waals surface area contributed by atoms with E-state index in [1.807, 2.05) is 0 Å². The molecule has 0 unspecified atom stereocenters. The number of benzene rings is 1. The zero-order valence-corrected chi connectivity index (χ0v) is 11.2. The molecule has 1 aliphatic rings. The van der Waals surface area contributed by atoms with Gasteiger partial charge >= 0.3 is 0 Å². The molecule has 0 radical (unpaired) electrons. The van der Waals surface area contributed by atoms with Crippen LogP contribution < -0.4 is 5.73 Å². The lowest BCUT2D eigenvalue weighted by atomic mass is 9.94. The molecule has 6 nitrogen and oxygen atoms in total. The number of aromatic nitrogens is 1. The fourth-order valence-corrected chi connectivity index (χ4v) is 2.81. The van der Waals surface area contributed by atoms with Crippen molar-refractivity contribution >= 4 is 11.5 Å². The number of nitro benzene ring substituents is 1.